The van der Waals surface area contributed by atoms with Crippen LogP contribution >= 0.6 is 22.9 Å². The number of para-hydroxylation sites is 1. The molecular weight excluding hydrogens is 257 g/mol. The van der Waals surface area contributed by atoms with Gasteiger partial charge in [0.15, 0.2) is 0 Å². The molecule has 0 spiro atoms. The molecule has 0 atom stereocenters. The lowest BCUT2D eigenvalue weighted by atomic mass is 10.3. The fourth-order valence-electron chi connectivity index (χ4n) is 0.921. The summed E-state index contributed by atoms with van der Waals surface area (Å²) in [5.74, 6) is 0.210. The molecule has 0 aliphatic carbocycles. The maximum Gasteiger partial charge on any atom is 0.144 e. The first-order valence-electron chi connectivity index (χ1n) is 2.98. The van der Waals surface area contributed by atoms with Crippen molar-refractivity contribution < 1.29 is 5.11 Å². The lowest BCUT2D eigenvalue weighted by Crippen LogP contribution is -1.80. The van der Waals surface area contributed by atoms with Crippen LogP contribution in [-0.4, -0.2) is 18.3 Å². The molecule has 2 aromatic rings. The van der Waals surface area contributed by atoms with Gasteiger partial charge in [0, 0.05) is 0 Å². The Hall–Kier alpha value is -0.850. The fourth-order valence-corrected chi connectivity index (χ4v) is 1.51. The zero-order chi connectivity index (χ0) is 7.84. The highest BCUT2D eigenvalue weighted by atomic mass is 127. The normalized spacial score (nSPS) is 10.6. The van der Waals surface area contributed by atoms with E-state index in [0.717, 1.165) is 0 Å². The first-order valence-corrected chi connectivity index (χ1v) is 3.95. The number of halogens is 1. The number of nitrogens with zero attached hydrogens (tertiary/aromatic N) is 3. The largest absolute Gasteiger partial charge is 0.506 e. The second-order valence-corrected chi connectivity index (χ2v) is 3.01. The number of fused-ring (bicyclic) bond motifs is 1. The van der Waals surface area contributed by atoms with Crippen LogP contribution in [0.1, 0.15) is 0 Å². The van der Waals surface area contributed by atoms with Crippen molar-refractivity contribution in [3.63, 3.8) is 0 Å². The molecule has 0 fully saturated rings. The predicted octanol–water partition coefficient (Wildman–Crippen LogP) is 1.33. The molecule has 0 bridgehead atoms. The van der Waals surface area contributed by atoms with Crippen molar-refractivity contribution in [1.82, 2.24) is 13.2 Å². The Morgan fingerprint density at radius 2 is 2.27 bits per heavy atom. The summed E-state index contributed by atoms with van der Waals surface area (Å²) in [6, 6.07) is 5.15. The number of phenols is 1. The molecule has 1 aromatic heterocycles. The molecule has 0 aliphatic heterocycles. The minimum atomic E-state index is 0.210. The van der Waals surface area contributed by atoms with Crippen LogP contribution in [0.15, 0.2) is 18.2 Å². The van der Waals surface area contributed by atoms with Crippen LogP contribution in [0, 0.1) is 0 Å². The summed E-state index contributed by atoms with van der Waals surface area (Å²) in [7, 11) is 0. The minimum absolute atomic E-state index is 0.210. The van der Waals surface area contributed by atoms with Crippen molar-refractivity contribution in [3.8, 4) is 5.75 Å². The van der Waals surface area contributed by atoms with Crippen LogP contribution in [0.25, 0.3) is 11.0 Å². The molecule has 56 valence electrons. The maximum atomic E-state index is 9.34. The molecule has 0 saturated heterocycles. The van der Waals surface area contributed by atoms with Crippen LogP contribution in [0.4, 0.5) is 0 Å². The van der Waals surface area contributed by atoms with Crippen LogP contribution in [0.3, 0.4) is 0 Å². The highest BCUT2D eigenvalue weighted by Crippen LogP contribution is 2.22. The number of rotatable bonds is 0. The second kappa shape index (κ2) is 2.33. The number of hydrogen-bond acceptors (Lipinski definition) is 3. The molecule has 1 aromatic carbocycles. The van der Waals surface area contributed by atoms with Crippen molar-refractivity contribution in [2.75, 3.05) is 0 Å². The van der Waals surface area contributed by atoms with Crippen LogP contribution < -0.4 is 0 Å². The summed E-state index contributed by atoms with van der Waals surface area (Å²) in [4.78, 5) is 0. The quantitative estimate of drug-likeness (QED) is 0.728. The highest BCUT2D eigenvalue weighted by molar-refractivity contribution is 14.1. The first kappa shape index (κ1) is 6.84. The molecule has 5 heteroatoms. The van der Waals surface area contributed by atoms with E-state index in [0.29, 0.717) is 11.0 Å². The summed E-state index contributed by atoms with van der Waals surface area (Å²) in [5, 5.41) is 16.9. The Bertz CT molecular complexity index is 398. The number of hydrogen-bond donors (Lipinski definition) is 1. The van der Waals surface area contributed by atoms with Gasteiger partial charge in [-0.05, 0) is 12.1 Å². The van der Waals surface area contributed by atoms with Crippen molar-refractivity contribution >= 4 is 33.9 Å². The SMILES string of the molecule is Oc1cccc2nnn(I)c12. The maximum absolute atomic E-state index is 9.34. The monoisotopic (exact) mass is 261 g/mol. The molecular formula is C6H4IN3O. The average Bonchev–Trinajstić information content (AvgIpc) is 2.34. The van der Waals surface area contributed by atoms with E-state index in [2.05, 4.69) is 10.3 Å². The lowest BCUT2D eigenvalue weighted by Gasteiger charge is -1.92. The Kier molecular flexibility index (Phi) is 1.45. The molecule has 1 heterocycles. The predicted molar refractivity (Wildman–Crippen MR) is 48.6 cm³/mol. The van der Waals surface area contributed by atoms with Gasteiger partial charge in [-0.1, -0.05) is 11.3 Å². The molecule has 1 N–H and O–H groups in total. The molecule has 0 saturated carbocycles. The second-order valence-electron chi connectivity index (χ2n) is 2.09. The van der Waals surface area contributed by atoms with Crippen molar-refractivity contribution in [2.45, 2.75) is 0 Å². The van der Waals surface area contributed by atoms with Gasteiger partial charge in [0.1, 0.15) is 16.8 Å². The van der Waals surface area contributed by atoms with Crippen LogP contribution in [-0.2, 0) is 0 Å². The van der Waals surface area contributed by atoms with Gasteiger partial charge in [-0.2, -0.15) is 2.90 Å². The average molecular weight is 261 g/mol. The summed E-state index contributed by atoms with van der Waals surface area (Å²) in [5.41, 5.74) is 1.37. The number of benzene rings is 1. The molecule has 0 radical (unpaired) electrons. The van der Waals surface area contributed by atoms with Gasteiger partial charge < -0.3 is 5.11 Å². The summed E-state index contributed by atoms with van der Waals surface area (Å²) in [6.45, 7) is 0. The molecule has 0 unspecified atom stereocenters. The summed E-state index contributed by atoms with van der Waals surface area (Å²) >= 11 is 1.96. The van der Waals surface area contributed by atoms with E-state index in [-0.39, 0.29) is 5.75 Å². The molecule has 0 amide bonds. The van der Waals surface area contributed by atoms with E-state index in [4.69, 9.17) is 0 Å². The van der Waals surface area contributed by atoms with Crippen molar-refractivity contribution in [3.05, 3.63) is 18.2 Å². The van der Waals surface area contributed by atoms with E-state index in [9.17, 15) is 5.11 Å². The number of phenolic OH excluding ortho intramolecular Hbond substituents is 1. The topological polar surface area (TPSA) is 50.9 Å². The van der Waals surface area contributed by atoms with Gasteiger partial charge in [0.25, 0.3) is 0 Å². The molecule has 0 aliphatic rings. The van der Waals surface area contributed by atoms with Gasteiger partial charge in [-0.15, -0.1) is 5.10 Å². The zero-order valence-electron chi connectivity index (χ0n) is 5.40. The number of aromatic nitrogens is 3. The van der Waals surface area contributed by atoms with E-state index >= 15 is 0 Å². The van der Waals surface area contributed by atoms with E-state index < -0.39 is 0 Å². The molecule has 4 nitrogen and oxygen atoms in total. The molecule has 2 rings (SSSR count). The van der Waals surface area contributed by atoms with Gasteiger partial charge in [-0.3, -0.25) is 0 Å². The Labute approximate surface area is 76.3 Å². The van der Waals surface area contributed by atoms with Crippen molar-refractivity contribution in [2.24, 2.45) is 0 Å². The Balaban J connectivity index is 2.96. The highest BCUT2D eigenvalue weighted by Gasteiger charge is 2.05. The van der Waals surface area contributed by atoms with Gasteiger partial charge >= 0.3 is 0 Å². The number of aromatic hydroxyl groups is 1. The molecule has 11 heavy (non-hydrogen) atoms. The van der Waals surface area contributed by atoms with Crippen molar-refractivity contribution in [1.29, 1.82) is 0 Å². The third-order valence-corrected chi connectivity index (χ3v) is 2.08. The summed E-state index contributed by atoms with van der Waals surface area (Å²) < 4.78 is 1.52. The van der Waals surface area contributed by atoms with Gasteiger partial charge in [-0.25, -0.2) is 0 Å². The lowest BCUT2D eigenvalue weighted by molar-refractivity contribution is 0.480. The standard InChI is InChI=1S/C6H4IN3O/c7-10-6-4(8-9-10)2-1-3-5(6)11/h1-3,11H. The van der Waals surface area contributed by atoms with E-state index in [1.807, 2.05) is 22.9 Å². The smallest absolute Gasteiger partial charge is 0.144 e. The van der Waals surface area contributed by atoms with Crippen LogP contribution in [0.2, 0.25) is 0 Å². The van der Waals surface area contributed by atoms with E-state index in [1.165, 1.54) is 2.90 Å². The van der Waals surface area contributed by atoms with E-state index in [1.54, 1.807) is 18.2 Å². The zero-order valence-corrected chi connectivity index (χ0v) is 7.56. The fraction of sp³-hybridized carbons (Fsp3) is 0. The van der Waals surface area contributed by atoms with Gasteiger partial charge in [0.2, 0.25) is 0 Å². The first-order chi connectivity index (χ1) is 5.29. The van der Waals surface area contributed by atoms with Gasteiger partial charge in [0.05, 0.1) is 22.9 Å². The van der Waals surface area contributed by atoms with Crippen LogP contribution in [0.5, 0.6) is 5.75 Å². The summed E-state index contributed by atoms with van der Waals surface area (Å²) in [6.07, 6.45) is 0. The minimum Gasteiger partial charge on any atom is -0.506 e. The third kappa shape index (κ3) is 0.953. The Morgan fingerprint density at radius 1 is 1.45 bits per heavy atom. The third-order valence-electron chi connectivity index (χ3n) is 1.41. The Morgan fingerprint density at radius 3 is 3.00 bits per heavy atom.